The van der Waals surface area contributed by atoms with Crippen LogP contribution in [0.1, 0.15) is 15.9 Å². The third-order valence-corrected chi connectivity index (χ3v) is 4.84. The molecule has 0 aliphatic carbocycles. The van der Waals surface area contributed by atoms with Crippen molar-refractivity contribution in [2.24, 2.45) is 0 Å². The topological polar surface area (TPSA) is 77.4 Å². The van der Waals surface area contributed by atoms with E-state index in [9.17, 15) is 14.4 Å². The fourth-order valence-corrected chi connectivity index (χ4v) is 3.34. The summed E-state index contributed by atoms with van der Waals surface area (Å²) in [7, 11) is 0. The number of amides is 1. The number of ketones is 1. The van der Waals surface area contributed by atoms with Crippen molar-refractivity contribution in [3.05, 3.63) is 82.7 Å². The largest absolute Gasteiger partial charge is 0.456 e. The molecule has 7 heteroatoms. The molecule has 0 radical (unpaired) electrons. The SMILES string of the molecule is O=C1C=C(NC(=O)C(=O)c2cn(Cc3ccccc3Cl)c3ccccc23)CO1. The predicted octanol–water partition coefficient (Wildman–Crippen LogP) is 3.08. The summed E-state index contributed by atoms with van der Waals surface area (Å²) in [4.78, 5) is 36.2. The lowest BCUT2D eigenvalue weighted by molar-refractivity contribution is -0.135. The van der Waals surface area contributed by atoms with E-state index in [4.69, 9.17) is 16.3 Å². The van der Waals surface area contributed by atoms with Gasteiger partial charge in [0.1, 0.15) is 6.61 Å². The van der Waals surface area contributed by atoms with E-state index in [0.717, 1.165) is 17.2 Å². The quantitative estimate of drug-likeness (QED) is 0.410. The van der Waals surface area contributed by atoms with Gasteiger partial charge in [-0.2, -0.15) is 0 Å². The number of carbonyl (C=O) groups excluding carboxylic acids is 3. The molecule has 0 bridgehead atoms. The van der Waals surface area contributed by atoms with Gasteiger partial charge in [0.25, 0.3) is 11.7 Å². The summed E-state index contributed by atoms with van der Waals surface area (Å²) in [5.74, 6) is -2.04. The number of halogens is 1. The van der Waals surface area contributed by atoms with Crippen LogP contribution in [0, 0.1) is 0 Å². The lowest BCUT2D eigenvalue weighted by atomic mass is 10.1. The summed E-state index contributed by atoms with van der Waals surface area (Å²) in [6.07, 6.45) is 2.81. The van der Waals surface area contributed by atoms with Crippen LogP contribution in [0.25, 0.3) is 10.9 Å². The molecule has 6 nitrogen and oxygen atoms in total. The van der Waals surface area contributed by atoms with Crippen molar-refractivity contribution in [3.63, 3.8) is 0 Å². The minimum atomic E-state index is -0.815. The number of hydrogen-bond donors (Lipinski definition) is 1. The zero-order valence-electron chi connectivity index (χ0n) is 14.6. The van der Waals surface area contributed by atoms with Crippen LogP contribution in [0.3, 0.4) is 0 Å². The summed E-state index contributed by atoms with van der Waals surface area (Å²) >= 11 is 6.26. The Labute approximate surface area is 165 Å². The molecule has 4 rings (SSSR count). The number of ether oxygens (including phenoxy) is 1. The number of nitrogens with zero attached hydrogens (tertiary/aromatic N) is 1. The van der Waals surface area contributed by atoms with Gasteiger partial charge >= 0.3 is 5.97 Å². The zero-order chi connectivity index (χ0) is 19.7. The number of cyclic esters (lactones) is 1. The number of esters is 1. The van der Waals surface area contributed by atoms with Crippen LogP contribution in [-0.4, -0.2) is 28.8 Å². The average molecular weight is 395 g/mol. The molecule has 3 aromatic rings. The van der Waals surface area contributed by atoms with Crippen molar-refractivity contribution >= 4 is 40.2 Å². The molecular weight excluding hydrogens is 380 g/mol. The molecule has 140 valence electrons. The highest BCUT2D eigenvalue weighted by Crippen LogP contribution is 2.25. The van der Waals surface area contributed by atoms with Gasteiger partial charge in [-0.1, -0.05) is 48.0 Å². The monoisotopic (exact) mass is 394 g/mol. The molecule has 0 fully saturated rings. The summed E-state index contributed by atoms with van der Waals surface area (Å²) in [5, 5.41) is 3.73. The molecule has 0 saturated heterocycles. The van der Waals surface area contributed by atoms with Crippen LogP contribution in [0.5, 0.6) is 0 Å². The first kappa shape index (κ1) is 18.0. The van der Waals surface area contributed by atoms with E-state index >= 15 is 0 Å². The number of para-hydroxylation sites is 1. The van der Waals surface area contributed by atoms with Crippen molar-refractivity contribution in [2.45, 2.75) is 6.54 Å². The molecule has 2 aromatic carbocycles. The maximum Gasteiger partial charge on any atom is 0.333 e. The second kappa shape index (κ2) is 7.32. The van der Waals surface area contributed by atoms with Crippen LogP contribution in [0.15, 0.2) is 66.5 Å². The summed E-state index contributed by atoms with van der Waals surface area (Å²) in [6.45, 7) is 0.411. The van der Waals surface area contributed by atoms with Gasteiger partial charge in [-0.15, -0.1) is 0 Å². The average Bonchev–Trinajstić information content (AvgIpc) is 3.27. The molecule has 1 aliphatic heterocycles. The van der Waals surface area contributed by atoms with Gasteiger partial charge in [0.05, 0.1) is 11.3 Å². The van der Waals surface area contributed by atoms with Gasteiger partial charge in [0.2, 0.25) is 0 Å². The fourth-order valence-electron chi connectivity index (χ4n) is 3.14. The van der Waals surface area contributed by atoms with E-state index in [1.165, 1.54) is 0 Å². The molecule has 0 saturated carbocycles. The molecule has 0 atom stereocenters. The maximum atomic E-state index is 12.8. The molecular formula is C21H15ClN2O4. The normalized spacial score (nSPS) is 13.3. The predicted molar refractivity (Wildman–Crippen MR) is 104 cm³/mol. The van der Waals surface area contributed by atoms with Crippen molar-refractivity contribution in [1.82, 2.24) is 9.88 Å². The second-order valence-corrected chi connectivity index (χ2v) is 6.75. The van der Waals surface area contributed by atoms with Gasteiger partial charge in [0.15, 0.2) is 0 Å². The van der Waals surface area contributed by atoms with Crippen LogP contribution < -0.4 is 5.32 Å². The first-order chi connectivity index (χ1) is 13.5. The van der Waals surface area contributed by atoms with E-state index in [0.29, 0.717) is 17.0 Å². The Hall–Kier alpha value is -3.38. The highest BCUT2D eigenvalue weighted by atomic mass is 35.5. The molecule has 1 N–H and O–H groups in total. The van der Waals surface area contributed by atoms with E-state index in [1.807, 2.05) is 41.0 Å². The highest BCUT2D eigenvalue weighted by molar-refractivity contribution is 6.45. The zero-order valence-corrected chi connectivity index (χ0v) is 15.4. The molecule has 1 aliphatic rings. The van der Waals surface area contributed by atoms with Gasteiger partial charge in [0, 0.05) is 34.7 Å². The van der Waals surface area contributed by atoms with E-state index in [-0.39, 0.29) is 17.9 Å². The second-order valence-electron chi connectivity index (χ2n) is 6.34. The summed E-state index contributed by atoms with van der Waals surface area (Å²) in [5.41, 5.74) is 2.27. The number of nitrogens with one attached hydrogen (secondary N) is 1. The van der Waals surface area contributed by atoms with Gasteiger partial charge in [-0.05, 0) is 17.7 Å². The lowest BCUT2D eigenvalue weighted by Gasteiger charge is -2.07. The number of aromatic nitrogens is 1. The number of benzene rings is 2. The van der Waals surface area contributed by atoms with Gasteiger partial charge < -0.3 is 14.6 Å². The Morgan fingerprint density at radius 1 is 1.11 bits per heavy atom. The van der Waals surface area contributed by atoms with Gasteiger partial charge in [-0.25, -0.2) is 4.79 Å². The Balaban J connectivity index is 1.67. The molecule has 1 aromatic heterocycles. The van der Waals surface area contributed by atoms with Crippen LogP contribution >= 0.6 is 11.6 Å². The number of Topliss-reactive ketones (excluding diaryl/α,β-unsaturated/α-hetero) is 1. The van der Waals surface area contributed by atoms with Crippen molar-refractivity contribution in [1.29, 1.82) is 0 Å². The van der Waals surface area contributed by atoms with Gasteiger partial charge in [-0.3, -0.25) is 9.59 Å². The van der Waals surface area contributed by atoms with Crippen LogP contribution in [0.2, 0.25) is 5.02 Å². The number of fused-ring (bicyclic) bond motifs is 1. The fraction of sp³-hybridized carbons (Fsp3) is 0.0952. The molecule has 28 heavy (non-hydrogen) atoms. The number of rotatable bonds is 5. The number of carbonyl (C=O) groups is 3. The Kier molecular flexibility index (Phi) is 4.71. The van der Waals surface area contributed by atoms with Crippen molar-refractivity contribution in [2.75, 3.05) is 6.61 Å². The minimum absolute atomic E-state index is 0.0495. The van der Waals surface area contributed by atoms with E-state index in [1.54, 1.807) is 18.3 Å². The van der Waals surface area contributed by atoms with E-state index < -0.39 is 17.7 Å². The Morgan fingerprint density at radius 2 is 1.86 bits per heavy atom. The van der Waals surface area contributed by atoms with E-state index in [2.05, 4.69) is 5.32 Å². The Morgan fingerprint density at radius 3 is 2.61 bits per heavy atom. The summed E-state index contributed by atoms with van der Waals surface area (Å²) < 4.78 is 6.62. The lowest BCUT2D eigenvalue weighted by Crippen LogP contribution is -2.31. The molecule has 0 unspecified atom stereocenters. The standard InChI is InChI=1S/C21H15ClN2O4/c22-17-7-3-1-5-13(17)10-24-11-16(15-6-2-4-8-18(15)24)20(26)21(27)23-14-9-19(25)28-12-14/h1-9,11H,10,12H2,(H,23,27). The summed E-state index contributed by atoms with van der Waals surface area (Å²) in [6, 6.07) is 14.8. The minimum Gasteiger partial charge on any atom is -0.456 e. The van der Waals surface area contributed by atoms with Crippen molar-refractivity contribution in [3.8, 4) is 0 Å². The molecule has 0 spiro atoms. The van der Waals surface area contributed by atoms with Crippen LogP contribution in [-0.2, 0) is 20.9 Å². The first-order valence-electron chi connectivity index (χ1n) is 8.57. The first-order valence-corrected chi connectivity index (χ1v) is 8.95. The maximum absolute atomic E-state index is 12.8. The molecule has 1 amide bonds. The highest BCUT2D eigenvalue weighted by Gasteiger charge is 2.24. The molecule has 2 heterocycles. The van der Waals surface area contributed by atoms with Crippen LogP contribution in [0.4, 0.5) is 0 Å². The Bertz CT molecular complexity index is 1150. The number of hydrogen-bond acceptors (Lipinski definition) is 4. The smallest absolute Gasteiger partial charge is 0.333 e. The third kappa shape index (κ3) is 3.42. The van der Waals surface area contributed by atoms with Crippen molar-refractivity contribution < 1.29 is 19.1 Å². The third-order valence-electron chi connectivity index (χ3n) is 4.47.